The van der Waals surface area contributed by atoms with Gasteiger partial charge in [0.2, 0.25) is 0 Å². The molecule has 86 valence electrons. The lowest BCUT2D eigenvalue weighted by Crippen LogP contribution is -1.80. The summed E-state index contributed by atoms with van der Waals surface area (Å²) in [6.07, 6.45) is 4.91. The van der Waals surface area contributed by atoms with Crippen molar-refractivity contribution in [3.05, 3.63) is 37.0 Å². The van der Waals surface area contributed by atoms with Crippen LogP contribution in [0.1, 0.15) is 0 Å². The summed E-state index contributed by atoms with van der Waals surface area (Å²) in [6.45, 7) is 0. The molecule has 4 rings (SSSR count). The summed E-state index contributed by atoms with van der Waals surface area (Å²) >= 11 is 1.54. The zero-order valence-corrected chi connectivity index (χ0v) is 9.89. The number of aromatic nitrogens is 4. The van der Waals surface area contributed by atoms with Crippen LogP contribution in [0.15, 0.2) is 41.4 Å². The van der Waals surface area contributed by atoms with Crippen LogP contribution in [0.25, 0.3) is 32.1 Å². The van der Waals surface area contributed by atoms with E-state index in [0.717, 1.165) is 20.9 Å². The molecule has 0 radical (unpaired) electrons. The minimum absolute atomic E-state index is 0.609. The molecule has 0 fully saturated rings. The van der Waals surface area contributed by atoms with Crippen LogP contribution >= 0.6 is 11.3 Å². The van der Waals surface area contributed by atoms with Gasteiger partial charge >= 0.3 is 0 Å². The second-order valence-corrected chi connectivity index (χ2v) is 4.72. The summed E-state index contributed by atoms with van der Waals surface area (Å²) in [4.78, 5) is 17.9. The maximum Gasteiger partial charge on any atom is 0.198 e. The van der Waals surface area contributed by atoms with Crippen LogP contribution < -0.4 is 0 Å². The third kappa shape index (κ3) is 1.39. The molecule has 0 bridgehead atoms. The quantitative estimate of drug-likeness (QED) is 0.522. The molecule has 0 aliphatic rings. The molecule has 18 heavy (non-hydrogen) atoms. The predicted octanol–water partition coefficient (Wildman–Crippen LogP) is 2.89. The third-order valence-corrected chi connectivity index (χ3v) is 3.63. The number of thiazole rings is 1. The lowest BCUT2D eigenvalue weighted by Gasteiger charge is -1.93. The number of nitrogens with zero attached hydrogens (tertiary/aromatic N) is 4. The van der Waals surface area contributed by atoms with Gasteiger partial charge < -0.3 is 4.42 Å². The van der Waals surface area contributed by atoms with Gasteiger partial charge in [-0.3, -0.25) is 0 Å². The van der Waals surface area contributed by atoms with Crippen molar-refractivity contribution in [1.29, 1.82) is 0 Å². The third-order valence-electron chi connectivity index (χ3n) is 2.60. The van der Waals surface area contributed by atoms with Crippen molar-refractivity contribution in [2.75, 3.05) is 0 Å². The largest absolute Gasteiger partial charge is 0.442 e. The minimum Gasteiger partial charge on any atom is -0.442 e. The molecular weight excluding hydrogens is 248 g/mol. The highest BCUT2D eigenvalue weighted by atomic mass is 32.1. The van der Waals surface area contributed by atoms with Gasteiger partial charge in [-0.1, -0.05) is 11.3 Å². The molecule has 6 heteroatoms. The van der Waals surface area contributed by atoms with Crippen LogP contribution in [0.4, 0.5) is 0 Å². The molecular formula is C12H6N4OS. The van der Waals surface area contributed by atoms with E-state index >= 15 is 0 Å². The van der Waals surface area contributed by atoms with Gasteiger partial charge in [0.1, 0.15) is 15.4 Å². The van der Waals surface area contributed by atoms with E-state index in [4.69, 9.17) is 4.42 Å². The van der Waals surface area contributed by atoms with E-state index in [1.807, 2.05) is 18.2 Å². The second-order valence-electron chi connectivity index (χ2n) is 3.74. The van der Waals surface area contributed by atoms with E-state index in [0.29, 0.717) is 11.2 Å². The van der Waals surface area contributed by atoms with Gasteiger partial charge in [0.25, 0.3) is 0 Å². The Hall–Kier alpha value is -2.34. The fraction of sp³-hybridized carbons (Fsp3) is 0. The lowest BCUT2D eigenvalue weighted by atomic mass is 10.3. The first-order chi connectivity index (χ1) is 8.90. The van der Waals surface area contributed by atoms with Crippen LogP contribution in [0.2, 0.25) is 0 Å². The topological polar surface area (TPSA) is 64.7 Å². The van der Waals surface area contributed by atoms with Gasteiger partial charge in [-0.25, -0.2) is 15.0 Å². The standard InChI is InChI=1S/C12H6N4OS/c1-2-8-12(13-3-1)18-11(16-8)7-4-9-10(14-5-7)15-6-17-9/h1-6H. The molecule has 0 aliphatic carbocycles. The number of oxazole rings is 1. The first-order valence-corrected chi connectivity index (χ1v) is 6.13. The fourth-order valence-corrected chi connectivity index (χ4v) is 2.65. The van der Waals surface area contributed by atoms with Gasteiger partial charge in [-0.05, 0) is 18.2 Å². The zero-order valence-electron chi connectivity index (χ0n) is 9.07. The SMILES string of the molecule is c1cnc2sc(-c3cnc4ncoc4c3)nc2c1. The average molecular weight is 254 g/mol. The molecule has 4 aromatic rings. The Labute approximate surface area is 105 Å². The van der Waals surface area contributed by atoms with Crippen LogP contribution in [0.5, 0.6) is 0 Å². The summed E-state index contributed by atoms with van der Waals surface area (Å²) in [6, 6.07) is 5.72. The first kappa shape index (κ1) is 9.67. The van der Waals surface area contributed by atoms with Gasteiger partial charge in [0.15, 0.2) is 17.6 Å². The maximum atomic E-state index is 5.24. The van der Waals surface area contributed by atoms with Crippen molar-refractivity contribution in [3.8, 4) is 10.6 Å². The summed E-state index contributed by atoms with van der Waals surface area (Å²) in [5.41, 5.74) is 3.09. The average Bonchev–Trinajstić information content (AvgIpc) is 3.04. The van der Waals surface area contributed by atoms with Crippen molar-refractivity contribution >= 4 is 32.9 Å². The highest BCUT2D eigenvalue weighted by molar-refractivity contribution is 7.21. The molecule has 0 amide bonds. The first-order valence-electron chi connectivity index (χ1n) is 5.31. The normalized spacial score (nSPS) is 11.3. The van der Waals surface area contributed by atoms with E-state index in [-0.39, 0.29) is 0 Å². The monoisotopic (exact) mass is 254 g/mol. The van der Waals surface area contributed by atoms with Gasteiger partial charge in [-0.15, -0.1) is 0 Å². The number of fused-ring (bicyclic) bond motifs is 2. The summed E-state index contributed by atoms with van der Waals surface area (Å²) < 4.78 is 5.24. The Morgan fingerprint density at radius 2 is 2.17 bits per heavy atom. The van der Waals surface area contributed by atoms with Gasteiger partial charge in [0.05, 0.1) is 0 Å². The summed E-state index contributed by atoms with van der Waals surface area (Å²) in [5.74, 6) is 0. The Bertz CT molecular complexity index is 818. The Morgan fingerprint density at radius 1 is 1.17 bits per heavy atom. The maximum absolute atomic E-state index is 5.24. The van der Waals surface area contributed by atoms with Crippen LogP contribution in [-0.4, -0.2) is 19.9 Å². The molecule has 0 atom stereocenters. The second kappa shape index (κ2) is 3.58. The zero-order chi connectivity index (χ0) is 11.9. The molecule has 0 N–H and O–H groups in total. The van der Waals surface area contributed by atoms with Gasteiger partial charge in [-0.2, -0.15) is 4.98 Å². The lowest BCUT2D eigenvalue weighted by molar-refractivity contribution is 0.602. The smallest absolute Gasteiger partial charge is 0.198 e. The molecule has 0 spiro atoms. The van der Waals surface area contributed by atoms with Crippen LogP contribution in [0.3, 0.4) is 0 Å². The molecule has 0 aliphatic heterocycles. The number of hydrogen-bond acceptors (Lipinski definition) is 6. The summed E-state index contributed by atoms with van der Waals surface area (Å²) in [5, 5.41) is 0.884. The van der Waals surface area contributed by atoms with E-state index in [2.05, 4.69) is 19.9 Å². The minimum atomic E-state index is 0.609. The highest BCUT2D eigenvalue weighted by Gasteiger charge is 2.09. The molecule has 0 saturated carbocycles. The molecule has 0 saturated heterocycles. The van der Waals surface area contributed by atoms with E-state index in [1.54, 1.807) is 12.4 Å². The molecule has 4 aromatic heterocycles. The molecule has 0 unspecified atom stereocenters. The number of pyridine rings is 2. The molecule has 0 aromatic carbocycles. The Kier molecular flexibility index (Phi) is 1.92. The van der Waals surface area contributed by atoms with E-state index in [1.165, 1.54) is 17.7 Å². The Morgan fingerprint density at radius 3 is 3.11 bits per heavy atom. The van der Waals surface area contributed by atoms with Crippen LogP contribution in [0, 0.1) is 0 Å². The van der Waals surface area contributed by atoms with Crippen molar-refractivity contribution in [1.82, 2.24) is 19.9 Å². The summed E-state index contributed by atoms with van der Waals surface area (Å²) in [7, 11) is 0. The van der Waals surface area contributed by atoms with Gasteiger partial charge in [0, 0.05) is 18.0 Å². The number of hydrogen-bond donors (Lipinski definition) is 0. The van der Waals surface area contributed by atoms with Crippen molar-refractivity contribution in [2.45, 2.75) is 0 Å². The van der Waals surface area contributed by atoms with Crippen molar-refractivity contribution in [2.24, 2.45) is 0 Å². The van der Waals surface area contributed by atoms with Crippen molar-refractivity contribution < 1.29 is 4.42 Å². The molecule has 5 nitrogen and oxygen atoms in total. The highest BCUT2D eigenvalue weighted by Crippen LogP contribution is 2.29. The Balaban J connectivity index is 1.94. The molecule has 4 heterocycles. The van der Waals surface area contributed by atoms with E-state index in [9.17, 15) is 0 Å². The van der Waals surface area contributed by atoms with Crippen LogP contribution in [-0.2, 0) is 0 Å². The predicted molar refractivity (Wildman–Crippen MR) is 68.2 cm³/mol. The van der Waals surface area contributed by atoms with E-state index < -0.39 is 0 Å². The fourth-order valence-electron chi connectivity index (χ4n) is 1.76. The van der Waals surface area contributed by atoms with Crippen molar-refractivity contribution in [3.63, 3.8) is 0 Å². The number of rotatable bonds is 1.